The molecule has 0 radical (unpaired) electrons. The van der Waals surface area contributed by atoms with Crippen LogP contribution in [-0.2, 0) is 4.65 Å². The molecule has 0 aliphatic rings. The van der Waals surface area contributed by atoms with E-state index in [0.29, 0.717) is 0 Å². The molecule has 0 saturated carbocycles. The highest BCUT2D eigenvalue weighted by Crippen LogP contribution is 2.37. The number of nitrogens with two attached hydrogens (primary N) is 1. The number of anilines is 1. The van der Waals surface area contributed by atoms with Gasteiger partial charge >= 0.3 is 6.92 Å². The quantitative estimate of drug-likeness (QED) is 0.639. The van der Waals surface area contributed by atoms with E-state index in [1.54, 1.807) is 0 Å². The summed E-state index contributed by atoms with van der Waals surface area (Å²) in [5.74, 6) is 0. The van der Waals surface area contributed by atoms with Gasteiger partial charge in [-0.05, 0) is 43.3 Å². The van der Waals surface area contributed by atoms with Crippen LogP contribution in [-0.4, -0.2) is 12.5 Å². The number of hydrogen-bond acceptors (Lipinski definition) is 2. The first-order valence-corrected chi connectivity index (χ1v) is 6.73. The minimum absolute atomic E-state index is 0.0754. The van der Waals surface area contributed by atoms with Gasteiger partial charge in [-0.1, -0.05) is 39.7 Å². The zero-order valence-electron chi connectivity index (χ0n) is 12.6. The van der Waals surface area contributed by atoms with E-state index < -0.39 is 0 Å². The predicted molar refractivity (Wildman–Crippen MR) is 81.3 cm³/mol. The Morgan fingerprint density at radius 1 is 1.11 bits per heavy atom. The van der Waals surface area contributed by atoms with Gasteiger partial charge in [0.1, 0.15) is 0 Å². The Morgan fingerprint density at radius 3 is 2.06 bits per heavy atom. The Morgan fingerprint density at radius 2 is 1.61 bits per heavy atom. The highest BCUT2D eigenvalue weighted by Gasteiger charge is 2.38. The average molecular weight is 247 g/mol. The fourth-order valence-corrected chi connectivity index (χ4v) is 1.86. The number of nitrogen functional groups attached to an aromatic ring is 1. The predicted octanol–water partition coefficient (Wildman–Crippen LogP) is 3.33. The van der Waals surface area contributed by atoms with Crippen molar-refractivity contribution in [2.45, 2.75) is 53.5 Å². The van der Waals surface area contributed by atoms with Crippen LogP contribution in [0.5, 0.6) is 0 Å². The first-order chi connectivity index (χ1) is 8.19. The van der Waals surface area contributed by atoms with Gasteiger partial charge in [0.25, 0.3) is 0 Å². The van der Waals surface area contributed by atoms with Crippen LogP contribution in [0, 0.1) is 5.41 Å². The van der Waals surface area contributed by atoms with Crippen molar-refractivity contribution < 1.29 is 4.65 Å². The minimum atomic E-state index is -0.164. The third-order valence-electron chi connectivity index (χ3n) is 4.39. The van der Waals surface area contributed by atoms with E-state index in [2.05, 4.69) is 41.4 Å². The van der Waals surface area contributed by atoms with Crippen LogP contribution < -0.4 is 11.2 Å². The SMILES string of the molecule is CCC(C)(C)C(C)(C)OB(C)c1ccc(N)cc1. The maximum Gasteiger partial charge on any atom is 0.324 e. The largest absolute Gasteiger partial charge is 0.426 e. The molecule has 0 aliphatic heterocycles. The van der Waals surface area contributed by atoms with Crippen molar-refractivity contribution in [2.75, 3.05) is 5.73 Å². The molecule has 0 heterocycles. The van der Waals surface area contributed by atoms with Gasteiger partial charge in [0.15, 0.2) is 0 Å². The van der Waals surface area contributed by atoms with E-state index in [9.17, 15) is 0 Å². The van der Waals surface area contributed by atoms with Crippen LogP contribution in [0.25, 0.3) is 0 Å². The van der Waals surface area contributed by atoms with E-state index in [0.717, 1.165) is 12.1 Å². The summed E-state index contributed by atoms with van der Waals surface area (Å²) in [7, 11) is 0. The van der Waals surface area contributed by atoms with Gasteiger partial charge in [0, 0.05) is 5.69 Å². The van der Waals surface area contributed by atoms with E-state index in [1.165, 1.54) is 5.46 Å². The van der Waals surface area contributed by atoms with E-state index in [1.807, 2.05) is 24.3 Å². The van der Waals surface area contributed by atoms with Crippen LogP contribution in [0.4, 0.5) is 5.69 Å². The summed E-state index contributed by atoms with van der Waals surface area (Å²) in [4.78, 5) is 0. The van der Waals surface area contributed by atoms with Gasteiger partial charge in [-0.15, -0.1) is 0 Å². The van der Waals surface area contributed by atoms with Crippen LogP contribution in [0.15, 0.2) is 24.3 Å². The Bertz CT molecular complexity index is 384. The van der Waals surface area contributed by atoms with Gasteiger partial charge in [0.05, 0.1) is 5.60 Å². The zero-order chi connectivity index (χ0) is 14.0. The summed E-state index contributed by atoms with van der Waals surface area (Å²) in [5, 5.41) is 0. The maximum atomic E-state index is 6.28. The molecule has 0 amide bonds. The van der Waals surface area contributed by atoms with Crippen LogP contribution >= 0.6 is 0 Å². The van der Waals surface area contributed by atoms with Gasteiger partial charge < -0.3 is 10.4 Å². The van der Waals surface area contributed by atoms with Crippen molar-refractivity contribution in [3.8, 4) is 0 Å². The fourth-order valence-electron chi connectivity index (χ4n) is 1.86. The summed E-state index contributed by atoms with van der Waals surface area (Å²) in [6.07, 6.45) is 1.09. The van der Waals surface area contributed by atoms with Crippen molar-refractivity contribution in [3.63, 3.8) is 0 Å². The Labute approximate surface area is 112 Å². The van der Waals surface area contributed by atoms with Gasteiger partial charge in [0.2, 0.25) is 0 Å². The molecule has 1 rings (SSSR count). The molecule has 0 fully saturated rings. The molecule has 1 aromatic rings. The molecule has 0 unspecified atom stereocenters. The summed E-state index contributed by atoms with van der Waals surface area (Å²) in [6.45, 7) is 13.2. The molecule has 2 N–H and O–H groups in total. The molecule has 2 nitrogen and oxygen atoms in total. The second kappa shape index (κ2) is 5.35. The average Bonchev–Trinajstić information content (AvgIpc) is 2.29. The number of hydrogen-bond donors (Lipinski definition) is 1. The van der Waals surface area contributed by atoms with Gasteiger partial charge in [-0.2, -0.15) is 0 Å². The van der Waals surface area contributed by atoms with Crippen LogP contribution in [0.2, 0.25) is 6.82 Å². The number of rotatable bonds is 5. The summed E-state index contributed by atoms with van der Waals surface area (Å²) in [6, 6.07) is 7.92. The van der Waals surface area contributed by atoms with E-state index >= 15 is 0 Å². The molecule has 0 spiro atoms. The lowest BCUT2D eigenvalue weighted by molar-refractivity contribution is -0.0135. The van der Waals surface area contributed by atoms with Crippen molar-refractivity contribution in [1.29, 1.82) is 0 Å². The monoisotopic (exact) mass is 247 g/mol. The molecule has 0 bridgehead atoms. The van der Waals surface area contributed by atoms with Crippen molar-refractivity contribution in [3.05, 3.63) is 24.3 Å². The lowest BCUT2D eigenvalue weighted by atomic mass is 9.61. The lowest BCUT2D eigenvalue weighted by Gasteiger charge is -2.43. The second-order valence-electron chi connectivity index (χ2n) is 6.17. The number of benzene rings is 1. The molecule has 100 valence electrons. The van der Waals surface area contributed by atoms with Crippen molar-refractivity contribution >= 4 is 18.1 Å². The summed E-state index contributed by atoms with van der Waals surface area (Å²) in [5.41, 5.74) is 7.65. The maximum absolute atomic E-state index is 6.28. The first kappa shape index (κ1) is 15.1. The third kappa shape index (κ3) is 3.29. The van der Waals surface area contributed by atoms with Gasteiger partial charge in [-0.25, -0.2) is 0 Å². The Hall–Kier alpha value is -0.955. The van der Waals surface area contributed by atoms with E-state index in [4.69, 9.17) is 10.4 Å². The normalized spacial score (nSPS) is 12.6. The van der Waals surface area contributed by atoms with E-state index in [-0.39, 0.29) is 17.9 Å². The Balaban J connectivity index is 2.81. The molecule has 3 heteroatoms. The standard InChI is InChI=1S/C15H26BNO/c1-7-14(2,3)15(4,5)18-16(6)12-8-10-13(17)11-9-12/h8-11H,7,17H2,1-6H3. The molecular formula is C15H26BNO. The second-order valence-corrected chi connectivity index (χ2v) is 6.17. The van der Waals surface area contributed by atoms with Gasteiger partial charge in [-0.3, -0.25) is 0 Å². The fraction of sp³-hybridized carbons (Fsp3) is 0.600. The lowest BCUT2D eigenvalue weighted by Crippen LogP contribution is -2.47. The topological polar surface area (TPSA) is 35.2 Å². The third-order valence-corrected chi connectivity index (χ3v) is 4.39. The molecule has 1 aromatic carbocycles. The Kier molecular flexibility index (Phi) is 4.49. The molecular weight excluding hydrogens is 221 g/mol. The summed E-state index contributed by atoms with van der Waals surface area (Å²) >= 11 is 0. The van der Waals surface area contributed by atoms with Crippen molar-refractivity contribution in [2.24, 2.45) is 5.41 Å². The summed E-state index contributed by atoms with van der Waals surface area (Å²) < 4.78 is 6.28. The molecule has 0 aromatic heterocycles. The highest BCUT2D eigenvalue weighted by molar-refractivity contribution is 6.66. The minimum Gasteiger partial charge on any atom is -0.426 e. The molecule has 0 saturated heterocycles. The van der Waals surface area contributed by atoms with Crippen molar-refractivity contribution in [1.82, 2.24) is 0 Å². The van der Waals surface area contributed by atoms with Crippen LogP contribution in [0.3, 0.4) is 0 Å². The molecule has 0 aliphatic carbocycles. The molecule has 0 atom stereocenters. The first-order valence-electron chi connectivity index (χ1n) is 6.73. The van der Waals surface area contributed by atoms with Crippen LogP contribution in [0.1, 0.15) is 41.0 Å². The highest BCUT2D eigenvalue weighted by atomic mass is 16.5. The molecule has 18 heavy (non-hydrogen) atoms. The zero-order valence-corrected chi connectivity index (χ0v) is 12.6. The smallest absolute Gasteiger partial charge is 0.324 e.